The minimum Gasteiger partial charge on any atom is -0.444 e. The van der Waals surface area contributed by atoms with Crippen molar-refractivity contribution in [3.8, 4) is 11.3 Å². The third-order valence-corrected chi connectivity index (χ3v) is 3.24. The van der Waals surface area contributed by atoms with Gasteiger partial charge in [0, 0.05) is 17.8 Å². The second-order valence-electron chi connectivity index (χ2n) is 5.02. The first-order valence-corrected chi connectivity index (χ1v) is 6.61. The number of carbonyl (C=O) groups excluding carboxylic acids is 1. The van der Waals surface area contributed by atoms with Gasteiger partial charge in [0.1, 0.15) is 0 Å². The normalized spacial score (nSPS) is 12.4. The van der Waals surface area contributed by atoms with E-state index in [1.54, 1.807) is 6.20 Å². The van der Waals surface area contributed by atoms with Gasteiger partial charge in [-0.2, -0.15) is 0 Å². The second kappa shape index (κ2) is 6.34. The van der Waals surface area contributed by atoms with E-state index in [9.17, 15) is 4.79 Å². The van der Waals surface area contributed by atoms with Crippen molar-refractivity contribution in [1.29, 1.82) is 0 Å². The summed E-state index contributed by atoms with van der Waals surface area (Å²) in [6.07, 6.45) is 3.02. The predicted octanol–water partition coefficient (Wildman–Crippen LogP) is 2.51. The molecule has 2 rings (SSSR count). The zero-order chi connectivity index (χ0) is 14.5. The van der Waals surface area contributed by atoms with Crippen LogP contribution in [0.3, 0.4) is 0 Å². The molecule has 5 nitrogen and oxygen atoms in total. The molecule has 0 fully saturated rings. The number of aromatic nitrogens is 1. The molecule has 1 aromatic heterocycles. The molecule has 0 bridgehead atoms. The highest BCUT2D eigenvalue weighted by Gasteiger charge is 2.20. The van der Waals surface area contributed by atoms with Crippen LogP contribution in [-0.2, 0) is 4.79 Å². The van der Waals surface area contributed by atoms with Gasteiger partial charge in [-0.05, 0) is 18.1 Å². The van der Waals surface area contributed by atoms with Crippen molar-refractivity contribution in [3.05, 3.63) is 36.9 Å². The molecule has 0 spiro atoms. The fourth-order valence-corrected chi connectivity index (χ4v) is 2.03. The summed E-state index contributed by atoms with van der Waals surface area (Å²) in [5, 5.41) is 2.90. The lowest BCUT2D eigenvalue weighted by molar-refractivity contribution is -0.120. The number of amides is 1. The maximum Gasteiger partial charge on any atom is 0.229 e. The van der Waals surface area contributed by atoms with Crippen molar-refractivity contribution >= 4 is 11.6 Å². The van der Waals surface area contributed by atoms with E-state index in [0.29, 0.717) is 12.3 Å². The monoisotopic (exact) mass is 273 g/mol. The number of nitrogens with one attached hydrogen (secondary N) is 1. The molecule has 1 unspecified atom stereocenters. The van der Waals surface area contributed by atoms with Crippen LogP contribution in [0.15, 0.2) is 41.3 Å². The molecule has 1 heterocycles. The third-order valence-electron chi connectivity index (χ3n) is 3.24. The minimum absolute atomic E-state index is 0.0581. The van der Waals surface area contributed by atoms with E-state index >= 15 is 0 Å². The van der Waals surface area contributed by atoms with Crippen molar-refractivity contribution in [2.24, 2.45) is 17.6 Å². The van der Waals surface area contributed by atoms with Crippen molar-refractivity contribution in [1.82, 2.24) is 4.98 Å². The Balaban J connectivity index is 2.14. The quantitative estimate of drug-likeness (QED) is 0.877. The second-order valence-corrected chi connectivity index (χ2v) is 5.02. The third kappa shape index (κ3) is 3.24. The molecule has 20 heavy (non-hydrogen) atoms. The van der Waals surface area contributed by atoms with Crippen LogP contribution < -0.4 is 11.1 Å². The van der Waals surface area contributed by atoms with Crippen molar-refractivity contribution < 1.29 is 9.21 Å². The molecule has 2 aromatic rings. The van der Waals surface area contributed by atoms with Gasteiger partial charge in [0.15, 0.2) is 12.2 Å². The number of benzene rings is 1. The van der Waals surface area contributed by atoms with Crippen LogP contribution in [-0.4, -0.2) is 17.4 Å². The average Bonchev–Trinajstić information content (AvgIpc) is 2.93. The van der Waals surface area contributed by atoms with E-state index in [1.807, 2.05) is 38.1 Å². The van der Waals surface area contributed by atoms with Crippen LogP contribution >= 0.6 is 0 Å². The molecule has 1 atom stereocenters. The first kappa shape index (κ1) is 14.3. The number of nitrogens with zero attached hydrogens (tertiary/aromatic N) is 1. The first-order chi connectivity index (χ1) is 9.61. The van der Waals surface area contributed by atoms with Gasteiger partial charge in [0.05, 0.1) is 12.1 Å². The van der Waals surface area contributed by atoms with E-state index < -0.39 is 0 Å². The molecule has 0 saturated heterocycles. The molecular weight excluding hydrogens is 254 g/mol. The van der Waals surface area contributed by atoms with Gasteiger partial charge in [-0.1, -0.05) is 26.0 Å². The Bertz CT molecular complexity index is 564. The molecular formula is C15H19N3O2. The van der Waals surface area contributed by atoms with Crippen LogP contribution in [0.5, 0.6) is 0 Å². The SMILES string of the molecule is CC(C)C(CN)C(=O)Nc1cccc(-c2cnco2)c1. The summed E-state index contributed by atoms with van der Waals surface area (Å²) in [5.74, 6) is 0.624. The standard InChI is InChI=1S/C15H19N3O2/c1-10(2)13(7-16)15(19)18-12-5-3-4-11(6-12)14-8-17-9-20-14/h3-6,8-10,13H,7,16H2,1-2H3,(H,18,19). The Hall–Kier alpha value is -2.14. The molecule has 1 aromatic carbocycles. The lowest BCUT2D eigenvalue weighted by atomic mass is 9.95. The number of anilines is 1. The summed E-state index contributed by atoms with van der Waals surface area (Å²) < 4.78 is 5.24. The van der Waals surface area contributed by atoms with E-state index in [1.165, 1.54) is 6.39 Å². The van der Waals surface area contributed by atoms with Crippen molar-refractivity contribution in [2.75, 3.05) is 11.9 Å². The van der Waals surface area contributed by atoms with E-state index in [0.717, 1.165) is 11.3 Å². The fraction of sp³-hybridized carbons (Fsp3) is 0.333. The highest BCUT2D eigenvalue weighted by atomic mass is 16.3. The number of rotatable bonds is 5. The van der Waals surface area contributed by atoms with Crippen LogP contribution in [0.25, 0.3) is 11.3 Å². The van der Waals surface area contributed by atoms with Crippen molar-refractivity contribution in [2.45, 2.75) is 13.8 Å². The van der Waals surface area contributed by atoms with Gasteiger partial charge in [0.2, 0.25) is 5.91 Å². The highest BCUT2D eigenvalue weighted by molar-refractivity contribution is 5.93. The van der Waals surface area contributed by atoms with Crippen LogP contribution in [0, 0.1) is 11.8 Å². The zero-order valence-corrected chi connectivity index (χ0v) is 11.7. The average molecular weight is 273 g/mol. The summed E-state index contributed by atoms with van der Waals surface area (Å²) in [6, 6.07) is 7.46. The summed E-state index contributed by atoms with van der Waals surface area (Å²) >= 11 is 0. The topological polar surface area (TPSA) is 81.2 Å². The number of hydrogen-bond donors (Lipinski definition) is 2. The van der Waals surface area contributed by atoms with Gasteiger partial charge >= 0.3 is 0 Å². The lowest BCUT2D eigenvalue weighted by Crippen LogP contribution is -2.33. The van der Waals surface area contributed by atoms with Crippen LogP contribution in [0.2, 0.25) is 0 Å². The Kier molecular flexibility index (Phi) is 4.53. The van der Waals surface area contributed by atoms with Gasteiger partial charge in [-0.15, -0.1) is 0 Å². The number of nitrogens with two attached hydrogens (primary N) is 1. The fourth-order valence-electron chi connectivity index (χ4n) is 2.03. The molecule has 3 N–H and O–H groups in total. The summed E-state index contributed by atoms with van der Waals surface area (Å²) in [6.45, 7) is 4.31. The van der Waals surface area contributed by atoms with E-state index in [4.69, 9.17) is 10.2 Å². The molecule has 0 radical (unpaired) electrons. The number of oxazole rings is 1. The molecule has 1 amide bonds. The molecule has 5 heteroatoms. The smallest absolute Gasteiger partial charge is 0.229 e. The zero-order valence-electron chi connectivity index (χ0n) is 11.7. The van der Waals surface area contributed by atoms with Gasteiger partial charge in [-0.25, -0.2) is 4.98 Å². The van der Waals surface area contributed by atoms with Crippen molar-refractivity contribution in [3.63, 3.8) is 0 Å². The van der Waals surface area contributed by atoms with Crippen LogP contribution in [0.4, 0.5) is 5.69 Å². The van der Waals surface area contributed by atoms with Gasteiger partial charge in [0.25, 0.3) is 0 Å². The van der Waals surface area contributed by atoms with Crippen LogP contribution in [0.1, 0.15) is 13.8 Å². The minimum atomic E-state index is -0.191. The molecule has 0 saturated carbocycles. The van der Waals surface area contributed by atoms with Gasteiger partial charge in [-0.3, -0.25) is 4.79 Å². The molecule has 0 aliphatic carbocycles. The summed E-state index contributed by atoms with van der Waals surface area (Å²) in [4.78, 5) is 16.0. The Morgan fingerprint density at radius 3 is 2.85 bits per heavy atom. The van der Waals surface area contributed by atoms with E-state index in [2.05, 4.69) is 10.3 Å². The molecule has 0 aliphatic rings. The predicted molar refractivity (Wildman–Crippen MR) is 78.0 cm³/mol. The highest BCUT2D eigenvalue weighted by Crippen LogP contribution is 2.22. The largest absolute Gasteiger partial charge is 0.444 e. The summed E-state index contributed by atoms with van der Waals surface area (Å²) in [5.41, 5.74) is 7.25. The summed E-state index contributed by atoms with van der Waals surface area (Å²) in [7, 11) is 0. The Morgan fingerprint density at radius 1 is 1.45 bits per heavy atom. The Morgan fingerprint density at radius 2 is 2.25 bits per heavy atom. The number of carbonyl (C=O) groups is 1. The maximum absolute atomic E-state index is 12.2. The first-order valence-electron chi connectivity index (χ1n) is 6.61. The van der Waals surface area contributed by atoms with E-state index in [-0.39, 0.29) is 17.7 Å². The maximum atomic E-state index is 12.2. The Labute approximate surface area is 118 Å². The number of hydrogen-bond acceptors (Lipinski definition) is 4. The lowest BCUT2D eigenvalue weighted by Gasteiger charge is -2.18. The van der Waals surface area contributed by atoms with Gasteiger partial charge < -0.3 is 15.5 Å². The molecule has 106 valence electrons. The molecule has 0 aliphatic heterocycles.